The molecule has 0 bridgehead atoms. The van der Waals surface area contributed by atoms with Gasteiger partial charge in [-0.2, -0.15) is 0 Å². The highest BCUT2D eigenvalue weighted by atomic mass is 16.5. The Bertz CT molecular complexity index is 544. The van der Waals surface area contributed by atoms with Crippen LogP contribution in [0.2, 0.25) is 0 Å². The third-order valence-corrected chi connectivity index (χ3v) is 10.2. The molecule has 0 aromatic rings. The number of esters is 1. The van der Waals surface area contributed by atoms with E-state index in [1.165, 1.54) is 238 Å². The first-order valence-electron chi connectivity index (χ1n) is 22.0. The lowest BCUT2D eigenvalue weighted by Gasteiger charge is -2.06. The summed E-state index contributed by atoms with van der Waals surface area (Å²) in [7, 11) is 0. The first kappa shape index (κ1) is 45.5. The van der Waals surface area contributed by atoms with Crippen LogP contribution in [-0.4, -0.2) is 12.6 Å². The van der Waals surface area contributed by atoms with Crippen LogP contribution in [0, 0.1) is 0 Å². The summed E-state index contributed by atoms with van der Waals surface area (Å²) >= 11 is 0. The summed E-state index contributed by atoms with van der Waals surface area (Å²) in [6.07, 6.45) is 55.1. The van der Waals surface area contributed by atoms with Crippen LogP contribution >= 0.6 is 0 Å². The van der Waals surface area contributed by atoms with Crippen LogP contribution in [0.4, 0.5) is 0 Å². The van der Waals surface area contributed by atoms with Gasteiger partial charge in [0.05, 0.1) is 6.61 Å². The maximum absolute atomic E-state index is 11.9. The first-order chi connectivity index (χ1) is 22.8. The zero-order chi connectivity index (χ0) is 33.3. The third-order valence-electron chi connectivity index (χ3n) is 10.2. The van der Waals surface area contributed by atoms with E-state index < -0.39 is 0 Å². The average Bonchev–Trinajstić information content (AvgIpc) is 3.06. The number of unbranched alkanes of at least 4 members (excludes halogenated alkanes) is 37. The topological polar surface area (TPSA) is 26.3 Å². The second-order valence-corrected chi connectivity index (χ2v) is 15.1. The summed E-state index contributed by atoms with van der Waals surface area (Å²) in [6, 6.07) is 0. The van der Waals surface area contributed by atoms with E-state index in [4.69, 9.17) is 4.74 Å². The number of rotatable bonds is 41. The fourth-order valence-corrected chi connectivity index (χ4v) is 6.96. The van der Waals surface area contributed by atoms with Crippen LogP contribution in [0.15, 0.2) is 0 Å². The van der Waals surface area contributed by atoms with Crippen molar-refractivity contribution < 1.29 is 9.53 Å². The van der Waals surface area contributed by atoms with Gasteiger partial charge in [-0.3, -0.25) is 4.79 Å². The average molecular weight is 649 g/mol. The summed E-state index contributed by atoms with van der Waals surface area (Å²) in [4.78, 5) is 11.9. The van der Waals surface area contributed by atoms with Crippen molar-refractivity contribution in [1.82, 2.24) is 0 Å². The van der Waals surface area contributed by atoms with Gasteiger partial charge in [-0.1, -0.05) is 251 Å². The molecule has 0 aromatic carbocycles. The Morgan fingerprint density at radius 2 is 0.478 bits per heavy atom. The summed E-state index contributed by atoms with van der Waals surface area (Å²) in [5.74, 6) is 0.0262. The predicted molar refractivity (Wildman–Crippen MR) is 207 cm³/mol. The Morgan fingerprint density at radius 3 is 0.717 bits per heavy atom. The molecule has 0 aliphatic carbocycles. The fourth-order valence-electron chi connectivity index (χ4n) is 6.96. The highest BCUT2D eigenvalue weighted by Crippen LogP contribution is 2.17. The fraction of sp³-hybridized carbons (Fsp3) is 0.977. The summed E-state index contributed by atoms with van der Waals surface area (Å²) < 4.78 is 5.44. The standard InChI is InChI=1S/C44H88O2/c1-3-5-7-9-11-13-14-15-16-17-18-19-20-21-22-23-24-25-26-27-28-29-30-31-32-33-35-37-39-41-43-46-44(45)42-40-38-36-34-12-10-8-6-4-2/h3-43H2,1-2H3. The Morgan fingerprint density at radius 1 is 0.283 bits per heavy atom. The minimum absolute atomic E-state index is 0.0262. The number of carbonyl (C=O) groups is 1. The molecule has 0 fully saturated rings. The molecule has 276 valence electrons. The van der Waals surface area contributed by atoms with Crippen molar-refractivity contribution >= 4 is 5.97 Å². The van der Waals surface area contributed by atoms with Crippen LogP contribution < -0.4 is 0 Å². The van der Waals surface area contributed by atoms with Crippen molar-refractivity contribution in [2.24, 2.45) is 0 Å². The molecule has 0 aromatic heterocycles. The van der Waals surface area contributed by atoms with Gasteiger partial charge in [-0.15, -0.1) is 0 Å². The van der Waals surface area contributed by atoms with E-state index in [9.17, 15) is 4.79 Å². The van der Waals surface area contributed by atoms with Crippen LogP contribution in [0.1, 0.15) is 271 Å². The molecule has 0 atom stereocenters. The van der Waals surface area contributed by atoms with Crippen LogP contribution in [0.25, 0.3) is 0 Å². The van der Waals surface area contributed by atoms with Gasteiger partial charge in [0.15, 0.2) is 0 Å². The van der Waals surface area contributed by atoms with Crippen molar-refractivity contribution in [2.45, 2.75) is 271 Å². The summed E-state index contributed by atoms with van der Waals surface area (Å²) in [6.45, 7) is 5.21. The first-order valence-corrected chi connectivity index (χ1v) is 22.0. The molecule has 0 heterocycles. The lowest BCUT2D eigenvalue weighted by molar-refractivity contribution is -0.143. The number of ether oxygens (including phenoxy) is 1. The molecule has 2 nitrogen and oxygen atoms in total. The van der Waals surface area contributed by atoms with Gasteiger partial charge in [-0.05, 0) is 12.8 Å². The van der Waals surface area contributed by atoms with Gasteiger partial charge in [0.1, 0.15) is 0 Å². The molecule has 46 heavy (non-hydrogen) atoms. The minimum Gasteiger partial charge on any atom is -0.466 e. The van der Waals surface area contributed by atoms with Gasteiger partial charge in [0.25, 0.3) is 0 Å². The molecule has 0 saturated heterocycles. The molecule has 0 aliphatic heterocycles. The maximum atomic E-state index is 11.9. The Balaban J connectivity index is 3.10. The number of hydrogen-bond donors (Lipinski definition) is 0. The lowest BCUT2D eigenvalue weighted by Crippen LogP contribution is -2.05. The highest BCUT2D eigenvalue weighted by Gasteiger charge is 2.03. The molecule has 0 spiro atoms. The third kappa shape index (κ3) is 41.5. The van der Waals surface area contributed by atoms with Crippen molar-refractivity contribution in [2.75, 3.05) is 6.61 Å². The molecular weight excluding hydrogens is 560 g/mol. The van der Waals surface area contributed by atoms with E-state index in [1.54, 1.807) is 0 Å². The van der Waals surface area contributed by atoms with E-state index in [-0.39, 0.29) is 5.97 Å². The van der Waals surface area contributed by atoms with Crippen LogP contribution in [0.3, 0.4) is 0 Å². The van der Waals surface area contributed by atoms with E-state index in [0.717, 1.165) is 12.8 Å². The molecule has 0 radical (unpaired) electrons. The van der Waals surface area contributed by atoms with Gasteiger partial charge >= 0.3 is 5.97 Å². The molecule has 0 rings (SSSR count). The highest BCUT2D eigenvalue weighted by molar-refractivity contribution is 5.69. The normalized spacial score (nSPS) is 11.4. The van der Waals surface area contributed by atoms with Gasteiger partial charge in [-0.25, -0.2) is 0 Å². The SMILES string of the molecule is CCCCCCCCCCCCCCCCCCCCCCCCCCCCCCCCOC(=O)CCCCCCCCCCC. The van der Waals surface area contributed by atoms with E-state index in [1.807, 2.05) is 0 Å². The Hall–Kier alpha value is -0.530. The minimum atomic E-state index is 0.0262. The van der Waals surface area contributed by atoms with Gasteiger partial charge in [0.2, 0.25) is 0 Å². The quantitative estimate of drug-likeness (QED) is 0.0487. The monoisotopic (exact) mass is 649 g/mol. The molecule has 0 amide bonds. The zero-order valence-corrected chi connectivity index (χ0v) is 32.3. The van der Waals surface area contributed by atoms with Crippen LogP contribution in [-0.2, 0) is 9.53 Å². The van der Waals surface area contributed by atoms with Gasteiger partial charge in [0, 0.05) is 6.42 Å². The maximum Gasteiger partial charge on any atom is 0.305 e. The molecule has 2 heteroatoms. The van der Waals surface area contributed by atoms with E-state index in [2.05, 4.69) is 13.8 Å². The largest absolute Gasteiger partial charge is 0.466 e. The Labute approximate surface area is 292 Å². The number of hydrogen-bond acceptors (Lipinski definition) is 2. The molecule has 0 aliphatic rings. The second kappa shape index (κ2) is 42.5. The van der Waals surface area contributed by atoms with Crippen molar-refractivity contribution in [3.05, 3.63) is 0 Å². The predicted octanol–water partition coefficient (Wildman–Crippen LogP) is 16.2. The molecule has 0 saturated carbocycles. The van der Waals surface area contributed by atoms with Crippen molar-refractivity contribution in [1.29, 1.82) is 0 Å². The van der Waals surface area contributed by atoms with Crippen LogP contribution in [0.5, 0.6) is 0 Å². The molecule has 0 unspecified atom stereocenters. The van der Waals surface area contributed by atoms with E-state index >= 15 is 0 Å². The number of carbonyl (C=O) groups excluding carboxylic acids is 1. The van der Waals surface area contributed by atoms with Gasteiger partial charge < -0.3 is 4.74 Å². The summed E-state index contributed by atoms with van der Waals surface area (Å²) in [5, 5.41) is 0. The van der Waals surface area contributed by atoms with E-state index in [0.29, 0.717) is 13.0 Å². The molecular formula is C44H88O2. The Kier molecular flexibility index (Phi) is 42.0. The lowest BCUT2D eigenvalue weighted by atomic mass is 10.0. The second-order valence-electron chi connectivity index (χ2n) is 15.1. The van der Waals surface area contributed by atoms with Crippen molar-refractivity contribution in [3.8, 4) is 0 Å². The summed E-state index contributed by atoms with van der Waals surface area (Å²) in [5.41, 5.74) is 0. The van der Waals surface area contributed by atoms with Crippen molar-refractivity contribution in [3.63, 3.8) is 0 Å². The smallest absolute Gasteiger partial charge is 0.305 e. The zero-order valence-electron chi connectivity index (χ0n) is 32.3. The molecule has 0 N–H and O–H groups in total.